The predicted octanol–water partition coefficient (Wildman–Crippen LogP) is 6.12. The third-order valence-electron chi connectivity index (χ3n) is 5.29. The highest BCUT2D eigenvalue weighted by atomic mass is 32.2. The Morgan fingerprint density at radius 2 is 1.51 bits per heavy atom. The number of rotatable bonds is 7. The van der Waals surface area contributed by atoms with Gasteiger partial charge in [-0.1, -0.05) is 48.5 Å². The number of halogens is 1. The summed E-state index contributed by atoms with van der Waals surface area (Å²) in [6.45, 7) is 0. The van der Waals surface area contributed by atoms with Gasteiger partial charge in [0.15, 0.2) is 9.84 Å². The average Bonchev–Trinajstić information content (AvgIpc) is 2.86. The van der Waals surface area contributed by atoms with E-state index in [1.807, 2.05) is 18.2 Å². The van der Waals surface area contributed by atoms with Crippen LogP contribution >= 0.6 is 0 Å². The van der Waals surface area contributed by atoms with Gasteiger partial charge in [-0.05, 0) is 53.6 Å². The molecule has 2 N–H and O–H groups in total. The fourth-order valence-electron chi connectivity index (χ4n) is 3.56. The van der Waals surface area contributed by atoms with Crippen molar-refractivity contribution < 1.29 is 22.3 Å². The summed E-state index contributed by atoms with van der Waals surface area (Å²) < 4.78 is 45.0. The molecule has 4 aromatic rings. The molecule has 8 heteroatoms. The molecule has 0 aliphatic heterocycles. The monoisotopic (exact) mass is 490 g/mol. The topological polar surface area (TPSA) is 84.5 Å². The van der Waals surface area contributed by atoms with E-state index in [2.05, 4.69) is 10.6 Å². The molecule has 0 heterocycles. The second kappa shape index (κ2) is 10.4. The molecule has 4 rings (SSSR count). The van der Waals surface area contributed by atoms with Gasteiger partial charge in [0.2, 0.25) is 0 Å². The highest BCUT2D eigenvalue weighted by molar-refractivity contribution is 7.90. The number of ether oxygens (including phenoxy) is 1. The Hall–Kier alpha value is -4.17. The minimum atomic E-state index is -3.71. The van der Waals surface area contributed by atoms with Gasteiger partial charge in [-0.25, -0.2) is 17.6 Å². The molecular formula is C27H23FN2O4S. The second-order valence-corrected chi connectivity index (χ2v) is 9.76. The zero-order valence-electron chi connectivity index (χ0n) is 18.9. The van der Waals surface area contributed by atoms with E-state index in [9.17, 15) is 17.6 Å². The van der Waals surface area contributed by atoms with E-state index in [-0.39, 0.29) is 16.5 Å². The molecule has 0 saturated heterocycles. The van der Waals surface area contributed by atoms with Gasteiger partial charge in [-0.15, -0.1) is 0 Å². The van der Waals surface area contributed by atoms with Gasteiger partial charge in [-0.2, -0.15) is 0 Å². The van der Waals surface area contributed by atoms with Crippen LogP contribution in [0, 0.1) is 5.82 Å². The van der Waals surface area contributed by atoms with Gasteiger partial charge in [0.25, 0.3) is 0 Å². The van der Waals surface area contributed by atoms with Crippen molar-refractivity contribution in [3.8, 4) is 16.9 Å². The summed E-state index contributed by atoms with van der Waals surface area (Å²) in [6.07, 6.45) is 0. The van der Waals surface area contributed by atoms with E-state index in [0.29, 0.717) is 33.8 Å². The number of carbonyl (C=O) groups excluding carboxylic acids is 1. The number of anilines is 2. The number of sulfone groups is 1. The molecule has 0 fully saturated rings. The molecular weight excluding hydrogens is 467 g/mol. The van der Waals surface area contributed by atoms with Gasteiger partial charge >= 0.3 is 6.03 Å². The molecule has 35 heavy (non-hydrogen) atoms. The van der Waals surface area contributed by atoms with E-state index in [1.54, 1.807) is 60.7 Å². The van der Waals surface area contributed by atoms with Crippen molar-refractivity contribution in [1.82, 2.24) is 0 Å². The average molecular weight is 491 g/mol. The Morgan fingerprint density at radius 3 is 2.23 bits per heavy atom. The molecule has 6 nitrogen and oxygen atoms in total. The summed E-state index contributed by atoms with van der Waals surface area (Å²) in [5, 5.41) is 5.43. The molecule has 0 aliphatic rings. The van der Waals surface area contributed by atoms with Crippen molar-refractivity contribution in [3.05, 3.63) is 108 Å². The summed E-state index contributed by atoms with van der Waals surface area (Å²) in [5.41, 5.74) is 2.93. The maximum Gasteiger partial charge on any atom is 0.323 e. The number of nitrogens with one attached hydrogen (secondary N) is 2. The largest absolute Gasteiger partial charge is 0.496 e. The number of para-hydroxylation sites is 1. The Bertz CT molecular complexity index is 1440. The number of benzene rings is 4. The first-order chi connectivity index (χ1) is 16.8. The van der Waals surface area contributed by atoms with Crippen LogP contribution in [0.4, 0.5) is 20.6 Å². The van der Waals surface area contributed by atoms with Gasteiger partial charge in [-0.3, -0.25) is 0 Å². The molecule has 0 aromatic heterocycles. The van der Waals surface area contributed by atoms with Gasteiger partial charge < -0.3 is 15.4 Å². The number of hydrogen-bond acceptors (Lipinski definition) is 4. The number of urea groups is 1. The third kappa shape index (κ3) is 6.04. The van der Waals surface area contributed by atoms with E-state index >= 15 is 0 Å². The Balaban J connectivity index is 1.51. The van der Waals surface area contributed by atoms with Crippen LogP contribution in [0.1, 0.15) is 5.56 Å². The summed E-state index contributed by atoms with van der Waals surface area (Å²) in [5.74, 6) is -0.319. The van der Waals surface area contributed by atoms with Gasteiger partial charge in [0.05, 0.1) is 17.8 Å². The number of methoxy groups -OCH3 is 1. The second-order valence-electron chi connectivity index (χ2n) is 7.77. The van der Waals surface area contributed by atoms with Crippen LogP contribution in [0.5, 0.6) is 5.75 Å². The highest BCUT2D eigenvalue weighted by Crippen LogP contribution is 2.29. The molecule has 0 radical (unpaired) electrons. The van der Waals surface area contributed by atoms with Crippen molar-refractivity contribution in [3.63, 3.8) is 0 Å². The Morgan fingerprint density at radius 1 is 0.800 bits per heavy atom. The molecule has 0 atom stereocenters. The third-order valence-corrected chi connectivity index (χ3v) is 6.96. The standard InChI is InChI=1S/C27H23FN2O4S/c1-34-26-17-24(30-27(31)29-23-7-3-2-4-8-23)15-12-21(26)18-35(32,33)25-9-5-6-20(16-25)19-10-13-22(28)14-11-19/h2-17H,18H2,1H3,(H2,29,30,31). The van der Waals surface area contributed by atoms with Gasteiger partial charge in [0.1, 0.15) is 11.6 Å². The molecule has 178 valence electrons. The lowest BCUT2D eigenvalue weighted by Gasteiger charge is -2.13. The van der Waals surface area contributed by atoms with Crippen LogP contribution in [0.15, 0.2) is 102 Å². The Kier molecular flexibility index (Phi) is 7.12. The molecule has 0 spiro atoms. The smallest absolute Gasteiger partial charge is 0.323 e. The van der Waals surface area contributed by atoms with Crippen LogP contribution in [0.3, 0.4) is 0 Å². The SMILES string of the molecule is COc1cc(NC(=O)Nc2ccccc2)ccc1CS(=O)(=O)c1cccc(-c2ccc(F)cc2)c1. The van der Waals surface area contributed by atoms with E-state index in [0.717, 1.165) is 0 Å². The predicted molar refractivity (Wildman–Crippen MR) is 135 cm³/mol. The van der Waals surface area contributed by atoms with Crippen molar-refractivity contribution in [2.45, 2.75) is 10.6 Å². The van der Waals surface area contributed by atoms with Crippen LogP contribution in [-0.4, -0.2) is 21.6 Å². The van der Waals surface area contributed by atoms with Crippen LogP contribution < -0.4 is 15.4 Å². The van der Waals surface area contributed by atoms with E-state index in [1.165, 1.54) is 25.3 Å². The lowest BCUT2D eigenvalue weighted by Crippen LogP contribution is -2.19. The van der Waals surface area contributed by atoms with Gasteiger partial charge in [0, 0.05) is 23.0 Å². The number of amides is 2. The first-order valence-corrected chi connectivity index (χ1v) is 12.4. The van der Waals surface area contributed by atoms with Crippen molar-refractivity contribution >= 4 is 27.2 Å². The number of hydrogen-bond donors (Lipinski definition) is 2. The fourth-order valence-corrected chi connectivity index (χ4v) is 4.96. The maximum absolute atomic E-state index is 13.2. The summed E-state index contributed by atoms with van der Waals surface area (Å²) >= 11 is 0. The van der Waals surface area contributed by atoms with Crippen LogP contribution in [-0.2, 0) is 15.6 Å². The fraction of sp³-hybridized carbons (Fsp3) is 0.0741. The highest BCUT2D eigenvalue weighted by Gasteiger charge is 2.19. The molecule has 0 unspecified atom stereocenters. The van der Waals surface area contributed by atoms with E-state index < -0.39 is 15.9 Å². The molecule has 0 aliphatic carbocycles. The van der Waals surface area contributed by atoms with Crippen molar-refractivity contribution in [1.29, 1.82) is 0 Å². The molecule has 0 saturated carbocycles. The minimum absolute atomic E-state index is 0.144. The zero-order valence-corrected chi connectivity index (χ0v) is 19.7. The maximum atomic E-state index is 13.2. The van der Waals surface area contributed by atoms with Crippen LogP contribution in [0.2, 0.25) is 0 Å². The normalized spacial score (nSPS) is 11.0. The molecule has 4 aromatic carbocycles. The molecule has 0 bridgehead atoms. The summed E-state index contributed by atoms with van der Waals surface area (Å²) in [4.78, 5) is 12.4. The lowest BCUT2D eigenvalue weighted by molar-refractivity contribution is 0.262. The number of carbonyl (C=O) groups is 1. The van der Waals surface area contributed by atoms with Crippen LogP contribution in [0.25, 0.3) is 11.1 Å². The summed E-state index contributed by atoms with van der Waals surface area (Å²) in [7, 11) is -2.28. The van der Waals surface area contributed by atoms with Crippen molar-refractivity contribution in [2.75, 3.05) is 17.7 Å². The Labute approximate surface area is 203 Å². The van der Waals surface area contributed by atoms with E-state index in [4.69, 9.17) is 4.74 Å². The lowest BCUT2D eigenvalue weighted by atomic mass is 10.1. The molecule has 2 amide bonds. The van der Waals surface area contributed by atoms with Crippen molar-refractivity contribution in [2.24, 2.45) is 0 Å². The zero-order chi connectivity index (χ0) is 24.8. The quantitative estimate of drug-likeness (QED) is 0.327. The first-order valence-electron chi connectivity index (χ1n) is 10.7. The summed E-state index contributed by atoms with van der Waals surface area (Å²) in [6, 6.07) is 25.7. The first kappa shape index (κ1) is 24.0. The minimum Gasteiger partial charge on any atom is -0.496 e.